The molecule has 2 atom stereocenters. The van der Waals surface area contributed by atoms with E-state index in [1.165, 1.54) is 36.2 Å². The van der Waals surface area contributed by atoms with Gasteiger partial charge in [0.25, 0.3) is 0 Å². The van der Waals surface area contributed by atoms with E-state index >= 15 is 0 Å². The topological polar surface area (TPSA) is 68.1 Å². The summed E-state index contributed by atoms with van der Waals surface area (Å²) in [6.07, 6.45) is 9.45. The molecular weight excluding hydrogens is 328 g/mol. The summed E-state index contributed by atoms with van der Waals surface area (Å²) in [5.41, 5.74) is 3.69. The molecule has 0 saturated carbocycles. The summed E-state index contributed by atoms with van der Waals surface area (Å²) in [4.78, 5) is 11.4. The quantitative estimate of drug-likeness (QED) is 0.845. The van der Waals surface area contributed by atoms with E-state index in [9.17, 15) is 0 Å². The number of anilines is 1. The summed E-state index contributed by atoms with van der Waals surface area (Å²) in [5.74, 6) is 0.984. The fraction of sp³-hybridized carbons (Fsp3) is 0.632. The standard InChI is InChI=1S/C19H28N6O/c1-24-10-11-26-17(18(24)16-8-9-23-25(16)2)12-20-19-14-6-4-3-5-7-15(14)21-13-22-19/h8-9,13,17-18H,3-7,10-12H2,1-2H3,(H,20,21,22)/t17-,18-/m0/s1. The Bertz CT molecular complexity index is 745. The van der Waals surface area contributed by atoms with Crippen molar-refractivity contribution in [3.63, 3.8) is 0 Å². The zero-order valence-electron chi connectivity index (χ0n) is 15.7. The number of aryl methyl sites for hydroxylation is 2. The summed E-state index contributed by atoms with van der Waals surface area (Å²) >= 11 is 0. The zero-order chi connectivity index (χ0) is 17.9. The number of ether oxygens (including phenoxy) is 1. The van der Waals surface area contributed by atoms with Gasteiger partial charge >= 0.3 is 0 Å². The molecule has 4 rings (SSSR count). The number of morpholine rings is 1. The second-order valence-corrected chi connectivity index (χ2v) is 7.30. The molecule has 1 saturated heterocycles. The lowest BCUT2D eigenvalue weighted by molar-refractivity contribution is -0.0581. The Kier molecular flexibility index (Phi) is 5.17. The molecule has 0 aromatic carbocycles. The van der Waals surface area contributed by atoms with Crippen molar-refractivity contribution >= 4 is 5.82 Å². The fourth-order valence-corrected chi connectivity index (χ4v) is 4.17. The molecule has 2 aliphatic rings. The minimum absolute atomic E-state index is 0.0561. The predicted octanol–water partition coefficient (Wildman–Crippen LogP) is 1.96. The number of nitrogens with zero attached hydrogens (tertiary/aromatic N) is 5. The number of rotatable bonds is 4. The van der Waals surface area contributed by atoms with Gasteiger partial charge < -0.3 is 10.1 Å². The molecule has 3 heterocycles. The number of nitrogens with one attached hydrogen (secondary N) is 1. The molecule has 1 N–H and O–H groups in total. The molecule has 140 valence electrons. The van der Waals surface area contributed by atoms with Gasteiger partial charge in [-0.1, -0.05) is 6.42 Å². The third-order valence-corrected chi connectivity index (χ3v) is 5.61. The molecule has 0 radical (unpaired) electrons. The van der Waals surface area contributed by atoms with Gasteiger partial charge in [0.2, 0.25) is 0 Å². The lowest BCUT2D eigenvalue weighted by Gasteiger charge is -2.39. The van der Waals surface area contributed by atoms with E-state index in [0.29, 0.717) is 0 Å². The van der Waals surface area contributed by atoms with Crippen LogP contribution in [0.5, 0.6) is 0 Å². The van der Waals surface area contributed by atoms with Gasteiger partial charge in [-0.2, -0.15) is 5.10 Å². The van der Waals surface area contributed by atoms with Crippen LogP contribution in [0.3, 0.4) is 0 Å². The van der Waals surface area contributed by atoms with E-state index in [1.807, 2.05) is 17.9 Å². The molecule has 1 aliphatic heterocycles. The Labute approximate surface area is 154 Å². The highest BCUT2D eigenvalue weighted by molar-refractivity contribution is 5.46. The van der Waals surface area contributed by atoms with Gasteiger partial charge in [-0.3, -0.25) is 9.58 Å². The summed E-state index contributed by atoms with van der Waals surface area (Å²) in [6, 6.07) is 2.27. The Morgan fingerprint density at radius 1 is 1.19 bits per heavy atom. The molecular formula is C19H28N6O. The van der Waals surface area contributed by atoms with Gasteiger partial charge in [0, 0.05) is 37.6 Å². The fourth-order valence-electron chi connectivity index (χ4n) is 4.17. The minimum atomic E-state index is 0.0561. The van der Waals surface area contributed by atoms with Gasteiger partial charge in [0.1, 0.15) is 12.1 Å². The highest BCUT2D eigenvalue weighted by atomic mass is 16.5. The first kappa shape index (κ1) is 17.4. The van der Waals surface area contributed by atoms with Gasteiger partial charge in [0.15, 0.2) is 0 Å². The molecule has 2 aromatic rings. The maximum atomic E-state index is 6.14. The van der Waals surface area contributed by atoms with Crippen molar-refractivity contribution < 1.29 is 4.74 Å². The van der Waals surface area contributed by atoms with Crippen molar-refractivity contribution in [3.05, 3.63) is 35.5 Å². The monoisotopic (exact) mass is 356 g/mol. The van der Waals surface area contributed by atoms with Crippen LogP contribution in [0.1, 0.15) is 42.3 Å². The number of aromatic nitrogens is 4. The molecule has 1 aliphatic carbocycles. The van der Waals surface area contributed by atoms with Crippen molar-refractivity contribution in [1.82, 2.24) is 24.6 Å². The third-order valence-electron chi connectivity index (χ3n) is 5.61. The lowest BCUT2D eigenvalue weighted by atomic mass is 10.0. The third kappa shape index (κ3) is 3.46. The number of hydrogen-bond acceptors (Lipinski definition) is 6. The lowest BCUT2D eigenvalue weighted by Crippen LogP contribution is -2.46. The molecule has 1 fully saturated rings. The zero-order valence-corrected chi connectivity index (χ0v) is 15.7. The van der Waals surface area contributed by atoms with E-state index in [1.54, 1.807) is 6.33 Å². The highest BCUT2D eigenvalue weighted by Gasteiger charge is 2.33. The van der Waals surface area contributed by atoms with Crippen molar-refractivity contribution in [1.29, 1.82) is 0 Å². The van der Waals surface area contributed by atoms with Crippen LogP contribution in [-0.4, -0.2) is 57.5 Å². The number of hydrogen-bond donors (Lipinski definition) is 1. The molecule has 26 heavy (non-hydrogen) atoms. The highest BCUT2D eigenvalue weighted by Crippen LogP contribution is 2.29. The molecule has 7 heteroatoms. The average Bonchev–Trinajstić information content (AvgIpc) is 2.91. The van der Waals surface area contributed by atoms with E-state index in [-0.39, 0.29) is 12.1 Å². The molecule has 0 bridgehead atoms. The van der Waals surface area contributed by atoms with Crippen molar-refractivity contribution in [2.75, 3.05) is 32.1 Å². The normalized spacial score (nSPS) is 24.1. The Balaban J connectivity index is 1.52. The van der Waals surface area contributed by atoms with E-state index in [4.69, 9.17) is 4.74 Å². The van der Waals surface area contributed by atoms with Gasteiger partial charge in [0.05, 0.1) is 24.4 Å². The van der Waals surface area contributed by atoms with Crippen LogP contribution in [0, 0.1) is 0 Å². The van der Waals surface area contributed by atoms with Crippen molar-refractivity contribution in [2.45, 2.75) is 44.2 Å². The summed E-state index contributed by atoms with van der Waals surface area (Å²) in [6.45, 7) is 2.40. The number of likely N-dealkylation sites (N-methyl/N-ethyl adjacent to an activating group) is 1. The molecule has 0 amide bonds. The Morgan fingerprint density at radius 3 is 2.92 bits per heavy atom. The molecule has 7 nitrogen and oxygen atoms in total. The maximum absolute atomic E-state index is 6.14. The van der Waals surface area contributed by atoms with Gasteiger partial charge in [-0.25, -0.2) is 9.97 Å². The summed E-state index contributed by atoms with van der Waals surface area (Å²) < 4.78 is 8.09. The van der Waals surface area contributed by atoms with Crippen LogP contribution in [0.2, 0.25) is 0 Å². The average molecular weight is 356 g/mol. The van der Waals surface area contributed by atoms with Gasteiger partial charge in [-0.05, 0) is 38.8 Å². The Hall–Kier alpha value is -1.99. The van der Waals surface area contributed by atoms with Crippen molar-refractivity contribution in [2.24, 2.45) is 7.05 Å². The molecule has 0 unspecified atom stereocenters. The maximum Gasteiger partial charge on any atom is 0.132 e. The number of fused-ring (bicyclic) bond motifs is 1. The van der Waals surface area contributed by atoms with E-state index < -0.39 is 0 Å². The van der Waals surface area contributed by atoms with Gasteiger partial charge in [-0.15, -0.1) is 0 Å². The van der Waals surface area contributed by atoms with Crippen LogP contribution >= 0.6 is 0 Å². The van der Waals surface area contributed by atoms with Crippen LogP contribution in [0.4, 0.5) is 5.82 Å². The van der Waals surface area contributed by atoms with Crippen LogP contribution < -0.4 is 5.32 Å². The van der Waals surface area contributed by atoms with E-state index in [0.717, 1.165) is 38.4 Å². The minimum Gasteiger partial charge on any atom is -0.373 e. The first-order chi connectivity index (χ1) is 12.7. The molecule has 0 spiro atoms. The summed E-state index contributed by atoms with van der Waals surface area (Å²) in [7, 11) is 4.15. The van der Waals surface area contributed by atoms with Crippen LogP contribution in [-0.2, 0) is 24.6 Å². The summed E-state index contributed by atoms with van der Waals surface area (Å²) in [5, 5.41) is 7.91. The first-order valence-electron chi connectivity index (χ1n) is 9.60. The van der Waals surface area contributed by atoms with E-state index in [2.05, 4.69) is 38.4 Å². The SMILES string of the molecule is CN1CCO[C@@H](CNc2ncnc3c2CCCCC3)[C@@H]1c1ccnn1C. The Morgan fingerprint density at radius 2 is 2.08 bits per heavy atom. The van der Waals surface area contributed by atoms with Crippen molar-refractivity contribution in [3.8, 4) is 0 Å². The first-order valence-corrected chi connectivity index (χ1v) is 9.60. The second-order valence-electron chi connectivity index (χ2n) is 7.30. The predicted molar refractivity (Wildman–Crippen MR) is 100 cm³/mol. The largest absolute Gasteiger partial charge is 0.373 e. The van der Waals surface area contributed by atoms with Crippen LogP contribution in [0.25, 0.3) is 0 Å². The second kappa shape index (κ2) is 7.72. The smallest absolute Gasteiger partial charge is 0.132 e. The molecule has 2 aromatic heterocycles. The van der Waals surface area contributed by atoms with Crippen LogP contribution in [0.15, 0.2) is 18.6 Å².